The molecule has 1 saturated carbocycles. The predicted octanol–water partition coefficient (Wildman–Crippen LogP) is 1.61. The minimum Gasteiger partial charge on any atom is -0.342 e. The third-order valence-electron chi connectivity index (χ3n) is 4.57. The normalized spacial score (nSPS) is 21.9. The summed E-state index contributed by atoms with van der Waals surface area (Å²) in [6.07, 6.45) is 5.90. The number of nitrogens with zero attached hydrogens (tertiary/aromatic N) is 2. The van der Waals surface area contributed by atoms with Crippen LogP contribution in [0.3, 0.4) is 0 Å². The van der Waals surface area contributed by atoms with E-state index < -0.39 is 0 Å². The van der Waals surface area contributed by atoms with Crippen molar-refractivity contribution in [2.24, 2.45) is 11.7 Å². The van der Waals surface area contributed by atoms with Gasteiger partial charge in [-0.1, -0.05) is 0 Å². The van der Waals surface area contributed by atoms with Gasteiger partial charge in [0.05, 0.1) is 6.54 Å². The number of nitrogens with two attached hydrogens (primary N) is 1. The highest BCUT2D eigenvalue weighted by Crippen LogP contribution is 2.27. The largest absolute Gasteiger partial charge is 0.342 e. The Morgan fingerprint density at radius 2 is 1.62 bits per heavy atom. The van der Waals surface area contributed by atoms with Gasteiger partial charge in [-0.15, -0.1) is 0 Å². The van der Waals surface area contributed by atoms with Crippen LogP contribution in [0.4, 0.5) is 0 Å². The summed E-state index contributed by atoms with van der Waals surface area (Å²) in [6.45, 7) is 5.49. The summed E-state index contributed by atoms with van der Waals surface area (Å²) < 4.78 is 0. The fourth-order valence-corrected chi connectivity index (χ4v) is 2.96. The predicted molar refractivity (Wildman–Crippen MR) is 84.7 cm³/mol. The molecule has 0 heterocycles. The molecule has 122 valence electrons. The average Bonchev–Trinajstić information content (AvgIpc) is 2.47. The van der Waals surface area contributed by atoms with E-state index >= 15 is 0 Å². The highest BCUT2D eigenvalue weighted by molar-refractivity contribution is 5.84. The molecule has 5 heteroatoms. The van der Waals surface area contributed by atoms with Crippen molar-refractivity contribution in [1.29, 1.82) is 0 Å². The Labute approximate surface area is 128 Å². The van der Waals surface area contributed by atoms with E-state index in [1.807, 2.05) is 13.8 Å². The maximum atomic E-state index is 12.1. The average molecular weight is 297 g/mol. The maximum absolute atomic E-state index is 12.1. The fraction of sp³-hybridized carbons (Fsp3) is 0.875. The van der Waals surface area contributed by atoms with Gasteiger partial charge in [0.2, 0.25) is 11.8 Å². The van der Waals surface area contributed by atoms with E-state index in [0.29, 0.717) is 31.5 Å². The number of amides is 2. The minimum absolute atomic E-state index is 0.0273. The Morgan fingerprint density at radius 3 is 2.14 bits per heavy atom. The van der Waals surface area contributed by atoms with Gasteiger partial charge in [-0.3, -0.25) is 9.59 Å². The molecule has 2 amide bonds. The summed E-state index contributed by atoms with van der Waals surface area (Å²) in [4.78, 5) is 27.4. The van der Waals surface area contributed by atoms with Crippen LogP contribution in [0, 0.1) is 5.92 Å². The van der Waals surface area contributed by atoms with Crippen molar-refractivity contribution < 1.29 is 9.59 Å². The van der Waals surface area contributed by atoms with Crippen LogP contribution in [-0.4, -0.2) is 54.3 Å². The number of rotatable bonds is 7. The second-order valence-electron chi connectivity index (χ2n) is 6.14. The van der Waals surface area contributed by atoms with Crippen LogP contribution in [0.15, 0.2) is 0 Å². The molecule has 0 atom stereocenters. The van der Waals surface area contributed by atoms with Gasteiger partial charge in [-0.05, 0) is 51.9 Å². The molecule has 2 N–H and O–H groups in total. The Kier molecular flexibility index (Phi) is 7.72. The molecule has 1 fully saturated rings. The molecule has 1 rings (SSSR count). The monoisotopic (exact) mass is 297 g/mol. The number of carbonyl (C=O) groups excluding carboxylic acids is 2. The maximum Gasteiger partial charge on any atom is 0.242 e. The van der Waals surface area contributed by atoms with E-state index in [1.54, 1.807) is 16.8 Å². The van der Waals surface area contributed by atoms with Gasteiger partial charge in [-0.25, -0.2) is 0 Å². The minimum atomic E-state index is 0.0273. The van der Waals surface area contributed by atoms with E-state index in [9.17, 15) is 9.59 Å². The summed E-state index contributed by atoms with van der Waals surface area (Å²) in [6, 6.07) is 0.353. The number of carbonyl (C=O) groups is 2. The molecule has 0 saturated heterocycles. The van der Waals surface area contributed by atoms with E-state index in [1.165, 1.54) is 0 Å². The van der Waals surface area contributed by atoms with Crippen LogP contribution in [0.5, 0.6) is 0 Å². The molecule has 1 aliphatic rings. The molecule has 0 bridgehead atoms. The first-order valence-electron chi connectivity index (χ1n) is 8.25. The lowest BCUT2D eigenvalue weighted by molar-refractivity contribution is -0.139. The Balaban J connectivity index is 2.29. The van der Waals surface area contributed by atoms with Crippen molar-refractivity contribution in [2.45, 2.75) is 58.4 Å². The number of hydrogen-bond donors (Lipinski definition) is 1. The van der Waals surface area contributed by atoms with Crippen molar-refractivity contribution in [2.75, 3.05) is 26.7 Å². The Hall–Kier alpha value is -1.10. The molecular formula is C16H31N3O2. The molecule has 0 aliphatic heterocycles. The van der Waals surface area contributed by atoms with Crippen LogP contribution < -0.4 is 5.73 Å². The smallest absolute Gasteiger partial charge is 0.242 e. The molecule has 21 heavy (non-hydrogen) atoms. The van der Waals surface area contributed by atoms with Gasteiger partial charge >= 0.3 is 0 Å². The Morgan fingerprint density at radius 1 is 1.05 bits per heavy atom. The van der Waals surface area contributed by atoms with Crippen molar-refractivity contribution in [3.63, 3.8) is 0 Å². The quantitative estimate of drug-likeness (QED) is 0.776. The van der Waals surface area contributed by atoms with Crippen LogP contribution >= 0.6 is 0 Å². The SMILES string of the molecule is CCN(CC)C(=O)CN(C)C(=O)CCC1CCC(N)CC1. The summed E-state index contributed by atoms with van der Waals surface area (Å²) in [5.74, 6) is 0.727. The first kappa shape index (κ1) is 18.0. The highest BCUT2D eigenvalue weighted by atomic mass is 16.2. The molecule has 0 aromatic heterocycles. The van der Waals surface area contributed by atoms with Crippen molar-refractivity contribution >= 4 is 11.8 Å². The second-order valence-corrected chi connectivity index (χ2v) is 6.14. The highest BCUT2D eigenvalue weighted by Gasteiger charge is 2.21. The standard InChI is InChI=1S/C16H31N3O2/c1-4-19(5-2)16(21)12-18(3)15(20)11-8-13-6-9-14(17)10-7-13/h13-14H,4-12,17H2,1-3H3. The molecule has 0 unspecified atom stereocenters. The van der Waals surface area contributed by atoms with Gasteiger partial charge in [0, 0.05) is 32.6 Å². The molecule has 0 radical (unpaired) electrons. The number of likely N-dealkylation sites (N-methyl/N-ethyl adjacent to an activating group) is 2. The molecule has 5 nitrogen and oxygen atoms in total. The third kappa shape index (κ3) is 6.04. The van der Waals surface area contributed by atoms with E-state index in [2.05, 4.69) is 0 Å². The molecular weight excluding hydrogens is 266 g/mol. The van der Waals surface area contributed by atoms with E-state index in [0.717, 1.165) is 32.1 Å². The summed E-state index contributed by atoms with van der Waals surface area (Å²) in [5, 5.41) is 0. The second kappa shape index (κ2) is 9.03. The van der Waals surface area contributed by atoms with Gasteiger partial charge in [-0.2, -0.15) is 0 Å². The van der Waals surface area contributed by atoms with Crippen LogP contribution in [0.25, 0.3) is 0 Å². The topological polar surface area (TPSA) is 66.6 Å². The van der Waals surface area contributed by atoms with Gasteiger partial charge in [0.15, 0.2) is 0 Å². The Bertz CT molecular complexity index is 334. The third-order valence-corrected chi connectivity index (χ3v) is 4.57. The summed E-state index contributed by atoms with van der Waals surface area (Å²) in [7, 11) is 1.72. The van der Waals surface area contributed by atoms with E-state index in [-0.39, 0.29) is 18.4 Å². The lowest BCUT2D eigenvalue weighted by atomic mass is 9.84. The zero-order chi connectivity index (χ0) is 15.8. The fourth-order valence-electron chi connectivity index (χ4n) is 2.96. The van der Waals surface area contributed by atoms with Crippen LogP contribution in [-0.2, 0) is 9.59 Å². The summed E-state index contributed by atoms with van der Waals surface area (Å²) in [5.41, 5.74) is 5.89. The van der Waals surface area contributed by atoms with Crippen molar-refractivity contribution in [3.05, 3.63) is 0 Å². The number of hydrogen-bond acceptors (Lipinski definition) is 3. The first-order chi connectivity index (χ1) is 9.97. The zero-order valence-electron chi connectivity index (χ0n) is 13.8. The van der Waals surface area contributed by atoms with Gasteiger partial charge in [0.1, 0.15) is 0 Å². The summed E-state index contributed by atoms with van der Waals surface area (Å²) >= 11 is 0. The lowest BCUT2D eigenvalue weighted by Crippen LogP contribution is -2.41. The van der Waals surface area contributed by atoms with E-state index in [4.69, 9.17) is 5.73 Å². The van der Waals surface area contributed by atoms with Crippen molar-refractivity contribution in [1.82, 2.24) is 9.80 Å². The van der Waals surface area contributed by atoms with Crippen LogP contribution in [0.1, 0.15) is 52.4 Å². The van der Waals surface area contributed by atoms with Gasteiger partial charge in [0.25, 0.3) is 0 Å². The lowest BCUT2D eigenvalue weighted by Gasteiger charge is -2.27. The molecule has 0 aromatic carbocycles. The van der Waals surface area contributed by atoms with Crippen molar-refractivity contribution in [3.8, 4) is 0 Å². The molecule has 0 spiro atoms. The molecule has 0 aromatic rings. The zero-order valence-corrected chi connectivity index (χ0v) is 13.8. The first-order valence-corrected chi connectivity index (χ1v) is 8.25. The van der Waals surface area contributed by atoms with Gasteiger partial charge < -0.3 is 15.5 Å². The molecule has 1 aliphatic carbocycles. The van der Waals surface area contributed by atoms with Crippen LogP contribution in [0.2, 0.25) is 0 Å².